The number of ether oxygens (including phenoxy) is 2. The molecule has 0 aliphatic rings. The molecule has 0 spiro atoms. The Hall–Kier alpha value is -2.34. The quantitative estimate of drug-likeness (QED) is 0.486. The smallest absolute Gasteiger partial charge is 0.328 e. The molecule has 0 fully saturated rings. The van der Waals surface area contributed by atoms with E-state index >= 15 is 0 Å². The second kappa shape index (κ2) is 9.97. The molecule has 26 heavy (non-hydrogen) atoms. The minimum absolute atomic E-state index is 0.130. The van der Waals surface area contributed by atoms with Crippen molar-refractivity contribution in [2.24, 2.45) is 0 Å². The van der Waals surface area contributed by atoms with E-state index in [1.54, 1.807) is 12.0 Å². The largest absolute Gasteiger partial charge is 0.497 e. The van der Waals surface area contributed by atoms with Crippen LogP contribution in [0.25, 0.3) is 0 Å². The number of amides is 1. The molecule has 1 amide bonds. The summed E-state index contributed by atoms with van der Waals surface area (Å²) in [5, 5.41) is 0.130. The zero-order valence-corrected chi connectivity index (χ0v) is 16.4. The van der Waals surface area contributed by atoms with Gasteiger partial charge in [0.05, 0.1) is 19.5 Å². The van der Waals surface area contributed by atoms with E-state index in [-0.39, 0.29) is 11.2 Å². The first-order valence-corrected chi connectivity index (χ1v) is 9.31. The number of rotatable bonds is 8. The van der Waals surface area contributed by atoms with Gasteiger partial charge in [-0.25, -0.2) is 4.79 Å². The molecule has 0 saturated heterocycles. The van der Waals surface area contributed by atoms with Gasteiger partial charge < -0.3 is 14.4 Å². The number of carbonyl (C=O) groups is 2. The number of halogens is 1. The van der Waals surface area contributed by atoms with E-state index in [0.29, 0.717) is 13.0 Å². The third kappa shape index (κ3) is 5.33. The van der Waals surface area contributed by atoms with E-state index in [4.69, 9.17) is 9.47 Å². The molecule has 0 radical (unpaired) electrons. The van der Waals surface area contributed by atoms with Crippen LogP contribution in [-0.2, 0) is 27.3 Å². The molecule has 2 aromatic rings. The molecule has 0 aromatic heterocycles. The Morgan fingerprint density at radius 1 is 1.00 bits per heavy atom. The molecule has 0 bridgehead atoms. The number of benzene rings is 2. The summed E-state index contributed by atoms with van der Waals surface area (Å²) in [6.45, 7) is 0.307. The predicted octanol–water partition coefficient (Wildman–Crippen LogP) is 3.20. The van der Waals surface area contributed by atoms with Crippen LogP contribution >= 0.6 is 15.9 Å². The monoisotopic (exact) mass is 419 g/mol. The molecule has 6 heteroatoms. The Bertz CT molecular complexity index is 718. The van der Waals surface area contributed by atoms with Gasteiger partial charge in [0.1, 0.15) is 11.8 Å². The SMILES string of the molecule is COC(=O)[C@H](Cc1ccccc1)N(Cc1ccc(OC)cc1)C(=O)CBr. The summed E-state index contributed by atoms with van der Waals surface area (Å²) in [5.74, 6) is 0.129. The minimum atomic E-state index is -0.699. The molecule has 0 saturated carbocycles. The molecular weight excluding hydrogens is 398 g/mol. The van der Waals surface area contributed by atoms with E-state index in [9.17, 15) is 9.59 Å². The van der Waals surface area contributed by atoms with E-state index < -0.39 is 12.0 Å². The van der Waals surface area contributed by atoms with Crippen LogP contribution in [0.5, 0.6) is 5.75 Å². The Morgan fingerprint density at radius 2 is 1.65 bits per heavy atom. The van der Waals surface area contributed by atoms with Crippen molar-refractivity contribution in [1.29, 1.82) is 0 Å². The Kier molecular flexibility index (Phi) is 7.66. The highest BCUT2D eigenvalue weighted by atomic mass is 79.9. The van der Waals surface area contributed by atoms with Crippen LogP contribution < -0.4 is 4.74 Å². The maximum absolute atomic E-state index is 12.5. The highest BCUT2D eigenvalue weighted by molar-refractivity contribution is 9.09. The van der Waals surface area contributed by atoms with E-state index in [1.165, 1.54) is 7.11 Å². The molecule has 1 atom stereocenters. The summed E-state index contributed by atoms with van der Waals surface area (Å²) in [5.41, 5.74) is 1.87. The summed E-state index contributed by atoms with van der Waals surface area (Å²) in [6, 6.07) is 16.3. The average molecular weight is 420 g/mol. The standard InChI is InChI=1S/C20H22BrNO4/c1-25-17-10-8-16(9-11-17)14-22(19(23)13-21)18(20(24)26-2)12-15-6-4-3-5-7-15/h3-11,18H,12-14H2,1-2H3/t18-/m0/s1. The fraction of sp³-hybridized carbons (Fsp3) is 0.300. The van der Waals surface area contributed by atoms with Gasteiger partial charge in [0, 0.05) is 13.0 Å². The van der Waals surface area contributed by atoms with E-state index in [0.717, 1.165) is 16.9 Å². The lowest BCUT2D eigenvalue weighted by molar-refractivity contribution is -0.152. The lowest BCUT2D eigenvalue weighted by atomic mass is 10.0. The fourth-order valence-electron chi connectivity index (χ4n) is 2.67. The van der Waals surface area contributed by atoms with Crippen molar-refractivity contribution in [3.05, 3.63) is 65.7 Å². The number of hydrogen-bond donors (Lipinski definition) is 0. The zero-order valence-electron chi connectivity index (χ0n) is 14.9. The van der Waals surface area contributed by atoms with Crippen LogP contribution in [0, 0.1) is 0 Å². The van der Waals surface area contributed by atoms with Crippen molar-refractivity contribution in [1.82, 2.24) is 4.90 Å². The van der Waals surface area contributed by atoms with Gasteiger partial charge in [-0.05, 0) is 23.3 Å². The normalized spacial score (nSPS) is 11.5. The summed E-state index contributed by atoms with van der Waals surface area (Å²) < 4.78 is 10.1. The third-order valence-electron chi connectivity index (χ3n) is 4.07. The van der Waals surface area contributed by atoms with Crippen molar-refractivity contribution in [3.8, 4) is 5.75 Å². The molecule has 0 unspecified atom stereocenters. The highest BCUT2D eigenvalue weighted by Gasteiger charge is 2.30. The predicted molar refractivity (Wildman–Crippen MR) is 103 cm³/mol. The second-order valence-electron chi connectivity index (χ2n) is 5.73. The van der Waals surface area contributed by atoms with E-state index in [1.807, 2.05) is 54.6 Å². The molecule has 2 rings (SSSR count). The van der Waals surface area contributed by atoms with Crippen LogP contribution in [0.2, 0.25) is 0 Å². The van der Waals surface area contributed by atoms with Gasteiger partial charge in [-0.2, -0.15) is 0 Å². The van der Waals surface area contributed by atoms with Crippen molar-refractivity contribution in [3.63, 3.8) is 0 Å². The molecule has 2 aromatic carbocycles. The number of alkyl halides is 1. The van der Waals surface area contributed by atoms with Gasteiger partial charge in [0.2, 0.25) is 5.91 Å². The van der Waals surface area contributed by atoms with Crippen LogP contribution in [0.1, 0.15) is 11.1 Å². The first kappa shape index (κ1) is 20.0. The van der Waals surface area contributed by atoms with Crippen molar-refractivity contribution < 1.29 is 19.1 Å². The molecule has 0 aliphatic carbocycles. The molecule has 5 nitrogen and oxygen atoms in total. The number of hydrogen-bond acceptors (Lipinski definition) is 4. The van der Waals surface area contributed by atoms with Gasteiger partial charge in [-0.1, -0.05) is 58.4 Å². The lowest BCUT2D eigenvalue weighted by Crippen LogP contribution is -2.47. The summed E-state index contributed by atoms with van der Waals surface area (Å²) in [4.78, 5) is 26.5. The average Bonchev–Trinajstić information content (AvgIpc) is 2.70. The van der Waals surface area contributed by atoms with Gasteiger partial charge in [-0.15, -0.1) is 0 Å². The highest BCUT2D eigenvalue weighted by Crippen LogP contribution is 2.18. The Labute approximate surface area is 162 Å². The van der Waals surface area contributed by atoms with Crippen molar-refractivity contribution in [2.45, 2.75) is 19.0 Å². The summed E-state index contributed by atoms with van der Waals surface area (Å²) in [6.07, 6.45) is 0.391. The summed E-state index contributed by atoms with van der Waals surface area (Å²) >= 11 is 3.21. The topological polar surface area (TPSA) is 55.8 Å². The first-order chi connectivity index (χ1) is 12.6. The van der Waals surface area contributed by atoms with Crippen LogP contribution in [0.3, 0.4) is 0 Å². The molecule has 0 aliphatic heterocycles. The van der Waals surface area contributed by atoms with Crippen LogP contribution in [-0.4, -0.2) is 42.4 Å². The molecule has 0 N–H and O–H groups in total. The lowest BCUT2D eigenvalue weighted by Gasteiger charge is -2.30. The number of carbonyl (C=O) groups excluding carboxylic acids is 2. The number of esters is 1. The Balaban J connectivity index is 2.29. The Morgan fingerprint density at radius 3 is 2.19 bits per heavy atom. The van der Waals surface area contributed by atoms with E-state index in [2.05, 4.69) is 15.9 Å². The van der Waals surface area contributed by atoms with Crippen LogP contribution in [0.15, 0.2) is 54.6 Å². The minimum Gasteiger partial charge on any atom is -0.497 e. The summed E-state index contributed by atoms with van der Waals surface area (Å²) in [7, 11) is 2.94. The van der Waals surface area contributed by atoms with Gasteiger partial charge in [0.15, 0.2) is 0 Å². The maximum atomic E-state index is 12.5. The molecular formula is C20H22BrNO4. The molecule has 138 valence electrons. The van der Waals surface area contributed by atoms with Gasteiger partial charge in [-0.3, -0.25) is 4.79 Å². The van der Waals surface area contributed by atoms with Crippen molar-refractivity contribution >= 4 is 27.8 Å². The number of nitrogens with zero attached hydrogens (tertiary/aromatic N) is 1. The van der Waals surface area contributed by atoms with Gasteiger partial charge in [0.25, 0.3) is 0 Å². The molecule has 0 heterocycles. The van der Waals surface area contributed by atoms with Gasteiger partial charge >= 0.3 is 5.97 Å². The fourth-order valence-corrected chi connectivity index (χ4v) is 2.99. The first-order valence-electron chi connectivity index (χ1n) is 8.19. The van der Waals surface area contributed by atoms with Crippen LogP contribution in [0.4, 0.5) is 0 Å². The second-order valence-corrected chi connectivity index (χ2v) is 6.29. The number of methoxy groups -OCH3 is 2. The van der Waals surface area contributed by atoms with Crippen molar-refractivity contribution in [2.75, 3.05) is 19.5 Å². The third-order valence-corrected chi connectivity index (χ3v) is 4.55. The zero-order chi connectivity index (χ0) is 18.9. The maximum Gasteiger partial charge on any atom is 0.328 e.